The Kier molecular flexibility index (Phi) is 3.22. The molecule has 0 radical (unpaired) electrons. The maximum absolute atomic E-state index is 10.3. The van der Waals surface area contributed by atoms with Crippen LogP contribution in [0, 0.1) is 0 Å². The number of aliphatic hydroxyl groups is 1. The molecule has 0 spiro atoms. The fourth-order valence-corrected chi connectivity index (χ4v) is 1.40. The van der Waals surface area contributed by atoms with Crippen molar-refractivity contribution in [3.8, 4) is 0 Å². The van der Waals surface area contributed by atoms with Crippen LogP contribution in [0.4, 0.5) is 0 Å². The summed E-state index contributed by atoms with van der Waals surface area (Å²) in [5, 5.41) is 9.04. The van der Waals surface area contributed by atoms with Crippen LogP contribution in [0.3, 0.4) is 0 Å². The molecule has 1 aliphatic rings. The lowest BCUT2D eigenvalue weighted by Gasteiger charge is -2.14. The normalized spacial score (nSPS) is 26.4. The lowest BCUT2D eigenvalue weighted by Crippen LogP contribution is -2.24. The van der Waals surface area contributed by atoms with E-state index in [2.05, 4.69) is 4.52 Å². The smallest absolute Gasteiger partial charge is 0.392 e. The number of phosphoric acid groups is 1. The van der Waals surface area contributed by atoms with E-state index in [1.54, 1.807) is 4.90 Å². The van der Waals surface area contributed by atoms with Crippen molar-refractivity contribution in [2.24, 2.45) is 0 Å². The molecule has 1 rings (SSSR count). The summed E-state index contributed by atoms with van der Waals surface area (Å²) < 4.78 is 14.5. The van der Waals surface area contributed by atoms with Crippen LogP contribution in [0.25, 0.3) is 0 Å². The van der Waals surface area contributed by atoms with Crippen molar-refractivity contribution in [1.29, 1.82) is 0 Å². The molecule has 1 saturated heterocycles. The monoisotopic (exact) mass is 197 g/mol. The highest BCUT2D eigenvalue weighted by atomic mass is 31.2. The summed E-state index contributed by atoms with van der Waals surface area (Å²) in [6.45, 7) is 0.905. The molecule has 0 unspecified atom stereocenters. The van der Waals surface area contributed by atoms with E-state index in [9.17, 15) is 4.57 Å². The van der Waals surface area contributed by atoms with Gasteiger partial charge in [0, 0.05) is 13.1 Å². The molecule has 1 fully saturated rings. The lowest BCUT2D eigenvalue weighted by molar-refractivity contribution is 0.0939. The molecule has 1 heterocycles. The molecule has 1 aliphatic heterocycles. The highest BCUT2D eigenvalue weighted by Crippen LogP contribution is 2.35. The number of nitrogens with zero attached hydrogens (tertiary/aromatic N) is 1. The van der Waals surface area contributed by atoms with Gasteiger partial charge in [0.15, 0.2) is 0 Å². The summed E-state index contributed by atoms with van der Waals surface area (Å²) in [5.74, 6) is 0. The Labute approximate surface area is 70.0 Å². The highest BCUT2D eigenvalue weighted by Gasteiger charge is 2.23. The number of hydrogen-bond acceptors (Lipinski definition) is 4. The van der Waals surface area contributed by atoms with Crippen LogP contribution in [0.15, 0.2) is 0 Å². The summed E-state index contributed by atoms with van der Waals surface area (Å²) >= 11 is 0. The van der Waals surface area contributed by atoms with E-state index in [1.165, 1.54) is 0 Å². The van der Waals surface area contributed by atoms with Crippen LogP contribution in [0.5, 0.6) is 0 Å². The predicted molar refractivity (Wildman–Crippen MR) is 40.2 cm³/mol. The van der Waals surface area contributed by atoms with Crippen molar-refractivity contribution < 1.29 is 24.0 Å². The third kappa shape index (κ3) is 3.62. The quantitative estimate of drug-likeness (QED) is 0.509. The molecular weight excluding hydrogens is 185 g/mol. The average molecular weight is 197 g/mol. The van der Waals surface area contributed by atoms with Crippen molar-refractivity contribution in [3.63, 3.8) is 0 Å². The molecule has 1 atom stereocenters. The van der Waals surface area contributed by atoms with Crippen molar-refractivity contribution in [2.75, 3.05) is 19.8 Å². The second-order valence-corrected chi connectivity index (χ2v) is 4.01. The Morgan fingerprint density at radius 3 is 2.67 bits per heavy atom. The van der Waals surface area contributed by atoms with Crippen molar-refractivity contribution in [2.45, 2.75) is 12.5 Å². The first kappa shape index (κ1) is 10.1. The summed E-state index contributed by atoms with van der Waals surface area (Å²) in [7, 11) is -4.36. The van der Waals surface area contributed by atoms with Crippen LogP contribution in [-0.2, 0) is 9.09 Å². The molecule has 3 N–H and O–H groups in total. The summed E-state index contributed by atoms with van der Waals surface area (Å²) in [4.78, 5) is 18.3. The molecule has 0 aromatic rings. The fraction of sp³-hybridized carbons (Fsp3) is 1.00. The molecule has 72 valence electrons. The molecule has 0 aromatic carbocycles. The van der Waals surface area contributed by atoms with Gasteiger partial charge in [-0.3, -0.25) is 9.42 Å². The SMILES string of the molecule is O=P(O)(O)OCN1CC[C@@H](O)C1. The molecule has 0 amide bonds. The van der Waals surface area contributed by atoms with Gasteiger partial charge >= 0.3 is 7.82 Å². The highest BCUT2D eigenvalue weighted by molar-refractivity contribution is 7.46. The lowest BCUT2D eigenvalue weighted by atomic mass is 10.3. The molecule has 0 aromatic heterocycles. The van der Waals surface area contributed by atoms with E-state index in [0.29, 0.717) is 19.5 Å². The number of hydrogen-bond donors (Lipinski definition) is 3. The molecule has 6 nitrogen and oxygen atoms in total. The molecule has 0 bridgehead atoms. The third-order valence-corrected chi connectivity index (χ3v) is 2.11. The van der Waals surface area contributed by atoms with E-state index in [-0.39, 0.29) is 6.73 Å². The van der Waals surface area contributed by atoms with Crippen LogP contribution in [0.2, 0.25) is 0 Å². The van der Waals surface area contributed by atoms with E-state index in [4.69, 9.17) is 14.9 Å². The van der Waals surface area contributed by atoms with Gasteiger partial charge in [0.2, 0.25) is 0 Å². The molecule has 0 saturated carbocycles. The van der Waals surface area contributed by atoms with E-state index < -0.39 is 13.9 Å². The number of phosphoric ester groups is 1. The summed E-state index contributed by atoms with van der Waals surface area (Å²) in [6.07, 6.45) is 0.232. The number of rotatable bonds is 3. The number of β-amino-alcohol motifs (C(OH)–C–C–N with tert-alkyl or cyclic N) is 1. The van der Waals surface area contributed by atoms with Crippen LogP contribution >= 0.6 is 7.82 Å². The van der Waals surface area contributed by atoms with Crippen molar-refractivity contribution >= 4 is 7.82 Å². The van der Waals surface area contributed by atoms with Gasteiger partial charge in [0.25, 0.3) is 0 Å². The Hall–Kier alpha value is 0.0300. The fourth-order valence-electron chi connectivity index (χ4n) is 1.09. The first-order chi connectivity index (χ1) is 5.47. The van der Waals surface area contributed by atoms with Gasteiger partial charge in [0.05, 0.1) is 6.10 Å². The number of likely N-dealkylation sites (tertiary alicyclic amines) is 1. The second-order valence-electron chi connectivity index (χ2n) is 2.77. The van der Waals surface area contributed by atoms with Crippen molar-refractivity contribution in [3.05, 3.63) is 0 Å². The standard InChI is InChI=1S/C5H12NO5P/c7-5-1-2-6(3-5)4-11-12(8,9)10/h5,7H,1-4H2,(H2,8,9,10)/t5-/m1/s1. The third-order valence-electron chi connectivity index (χ3n) is 1.66. The Balaban J connectivity index is 2.21. The zero-order valence-corrected chi connectivity index (χ0v) is 7.35. The number of aliphatic hydroxyl groups excluding tert-OH is 1. The Morgan fingerprint density at radius 2 is 2.25 bits per heavy atom. The second kappa shape index (κ2) is 3.83. The van der Waals surface area contributed by atoms with Gasteiger partial charge in [0.1, 0.15) is 6.73 Å². The van der Waals surface area contributed by atoms with Crippen molar-refractivity contribution in [1.82, 2.24) is 4.90 Å². The largest absolute Gasteiger partial charge is 0.470 e. The summed E-state index contributed by atoms with van der Waals surface area (Å²) in [5.41, 5.74) is 0. The molecule has 12 heavy (non-hydrogen) atoms. The zero-order chi connectivity index (χ0) is 9.19. The van der Waals surface area contributed by atoms with E-state index >= 15 is 0 Å². The van der Waals surface area contributed by atoms with Gasteiger partial charge in [-0.2, -0.15) is 0 Å². The molecule has 7 heteroatoms. The van der Waals surface area contributed by atoms with Gasteiger partial charge in [-0.05, 0) is 6.42 Å². The first-order valence-corrected chi connectivity index (χ1v) is 5.11. The predicted octanol–water partition coefficient (Wildman–Crippen LogP) is -0.880. The van der Waals surface area contributed by atoms with Crippen LogP contribution in [-0.4, -0.2) is 45.7 Å². The first-order valence-electron chi connectivity index (χ1n) is 3.58. The zero-order valence-electron chi connectivity index (χ0n) is 6.46. The van der Waals surface area contributed by atoms with E-state index in [1.807, 2.05) is 0 Å². The van der Waals surface area contributed by atoms with Gasteiger partial charge in [-0.15, -0.1) is 0 Å². The maximum atomic E-state index is 10.3. The topological polar surface area (TPSA) is 90.2 Å². The Morgan fingerprint density at radius 1 is 1.58 bits per heavy atom. The van der Waals surface area contributed by atoms with E-state index in [0.717, 1.165) is 0 Å². The van der Waals surface area contributed by atoms with Crippen LogP contribution in [0.1, 0.15) is 6.42 Å². The minimum absolute atomic E-state index is 0.124. The minimum atomic E-state index is -4.36. The van der Waals surface area contributed by atoms with Gasteiger partial charge in [-0.25, -0.2) is 4.57 Å². The molecular formula is C5H12NO5P. The Bertz CT molecular complexity index is 192. The summed E-state index contributed by atoms with van der Waals surface area (Å²) in [6, 6.07) is 0. The average Bonchev–Trinajstić information content (AvgIpc) is 2.30. The van der Waals surface area contributed by atoms with Gasteiger partial charge in [-0.1, -0.05) is 0 Å². The maximum Gasteiger partial charge on any atom is 0.470 e. The van der Waals surface area contributed by atoms with Gasteiger partial charge < -0.3 is 14.9 Å². The molecule has 0 aliphatic carbocycles. The minimum Gasteiger partial charge on any atom is -0.392 e. The van der Waals surface area contributed by atoms with Crippen LogP contribution < -0.4 is 0 Å².